The molecule has 2 aromatic rings. The van der Waals surface area contributed by atoms with Crippen LogP contribution in [0.25, 0.3) is 0 Å². The van der Waals surface area contributed by atoms with Gasteiger partial charge < -0.3 is 5.73 Å². The van der Waals surface area contributed by atoms with Crippen molar-refractivity contribution in [3.8, 4) is 0 Å². The smallest absolute Gasteiger partial charge is 0.170 e. The van der Waals surface area contributed by atoms with E-state index >= 15 is 0 Å². The number of nitrogens with two attached hydrogens (primary N) is 1. The molecule has 2 heterocycles. The van der Waals surface area contributed by atoms with Gasteiger partial charge >= 0.3 is 0 Å². The summed E-state index contributed by atoms with van der Waals surface area (Å²) in [6, 6.07) is 5.63. The minimum absolute atomic E-state index is 0.556. The summed E-state index contributed by atoms with van der Waals surface area (Å²) < 4.78 is 4.87. The number of aromatic nitrogens is 3. The second-order valence-corrected chi connectivity index (χ2v) is 4.55. The Kier molecular flexibility index (Phi) is 2.95. The average molecular weight is 224 g/mol. The van der Waals surface area contributed by atoms with Crippen LogP contribution in [0, 0.1) is 0 Å². The van der Waals surface area contributed by atoms with Gasteiger partial charge in [-0.2, -0.15) is 4.37 Å². The summed E-state index contributed by atoms with van der Waals surface area (Å²) in [5, 5.41) is 0. The van der Waals surface area contributed by atoms with Gasteiger partial charge in [0.05, 0.1) is 5.69 Å². The van der Waals surface area contributed by atoms with Crippen LogP contribution in [-0.2, 0) is 5.75 Å². The van der Waals surface area contributed by atoms with Crippen molar-refractivity contribution in [2.75, 3.05) is 5.73 Å². The molecule has 0 aliphatic carbocycles. The highest BCUT2D eigenvalue weighted by molar-refractivity contribution is 8.00. The average Bonchev–Trinajstić information content (AvgIpc) is 2.67. The van der Waals surface area contributed by atoms with Crippen LogP contribution in [0.3, 0.4) is 0 Å². The van der Waals surface area contributed by atoms with Crippen LogP contribution in [0.2, 0.25) is 0 Å². The summed E-state index contributed by atoms with van der Waals surface area (Å²) in [6.45, 7) is 0. The van der Waals surface area contributed by atoms with Gasteiger partial charge in [-0.1, -0.05) is 17.8 Å². The first-order valence-corrected chi connectivity index (χ1v) is 5.71. The molecule has 0 radical (unpaired) electrons. The van der Waals surface area contributed by atoms with Gasteiger partial charge in [0.25, 0.3) is 0 Å². The summed E-state index contributed by atoms with van der Waals surface area (Å²) >= 11 is 3.00. The molecule has 0 aliphatic rings. The molecule has 2 N–H and O–H groups in total. The fraction of sp³-hybridized carbons (Fsp3) is 0.125. The second-order valence-electron chi connectivity index (χ2n) is 2.55. The molecule has 0 bridgehead atoms. The molecule has 0 unspecified atom stereocenters. The van der Waals surface area contributed by atoms with Crippen molar-refractivity contribution in [2.24, 2.45) is 0 Å². The maximum absolute atomic E-state index is 5.56. The molecular formula is C8H8N4S2. The molecule has 2 aromatic heterocycles. The van der Waals surface area contributed by atoms with Crippen molar-refractivity contribution >= 4 is 29.1 Å². The number of hydrogen-bond donors (Lipinski definition) is 1. The zero-order valence-electron chi connectivity index (χ0n) is 7.25. The van der Waals surface area contributed by atoms with E-state index in [-0.39, 0.29) is 0 Å². The monoisotopic (exact) mass is 224 g/mol. The number of thioether (sulfide) groups is 1. The largest absolute Gasteiger partial charge is 0.384 e. The Morgan fingerprint density at radius 3 is 3.07 bits per heavy atom. The third-order valence-corrected chi connectivity index (χ3v) is 3.34. The molecule has 72 valence electrons. The highest BCUT2D eigenvalue weighted by Gasteiger charge is 2.00. The highest BCUT2D eigenvalue weighted by Crippen LogP contribution is 2.22. The van der Waals surface area contributed by atoms with Gasteiger partial charge in [-0.05, 0) is 23.7 Å². The standard InChI is InChI=1S/C8H8N4S2/c9-7-3-1-2-6(12-7)4-13-8-10-5-11-14-8/h1-3,5H,4H2,(H2,9,12). The zero-order valence-corrected chi connectivity index (χ0v) is 8.88. The first-order valence-electron chi connectivity index (χ1n) is 3.95. The predicted molar refractivity (Wildman–Crippen MR) is 58.1 cm³/mol. The van der Waals surface area contributed by atoms with E-state index in [1.54, 1.807) is 24.2 Å². The fourth-order valence-electron chi connectivity index (χ4n) is 0.941. The molecule has 0 fully saturated rings. The first-order chi connectivity index (χ1) is 6.84. The molecule has 4 nitrogen and oxygen atoms in total. The number of hydrogen-bond acceptors (Lipinski definition) is 6. The van der Waals surface area contributed by atoms with E-state index in [4.69, 9.17) is 5.73 Å². The van der Waals surface area contributed by atoms with Crippen LogP contribution in [-0.4, -0.2) is 14.3 Å². The van der Waals surface area contributed by atoms with Crippen molar-refractivity contribution < 1.29 is 0 Å². The van der Waals surface area contributed by atoms with E-state index in [1.807, 2.05) is 12.1 Å². The fourth-order valence-corrected chi connectivity index (χ4v) is 2.29. The van der Waals surface area contributed by atoms with Gasteiger partial charge in [-0.25, -0.2) is 9.97 Å². The van der Waals surface area contributed by atoms with Gasteiger partial charge in [0.1, 0.15) is 12.1 Å². The number of nitrogen functional groups attached to an aromatic ring is 1. The lowest BCUT2D eigenvalue weighted by Gasteiger charge is -1.98. The third-order valence-electron chi connectivity index (χ3n) is 1.51. The predicted octanol–water partition coefficient (Wildman–Crippen LogP) is 1.81. The van der Waals surface area contributed by atoms with Crippen LogP contribution < -0.4 is 5.73 Å². The lowest BCUT2D eigenvalue weighted by molar-refractivity contribution is 1.17. The molecule has 0 spiro atoms. The number of nitrogens with zero attached hydrogens (tertiary/aromatic N) is 3. The Bertz CT molecular complexity index is 401. The van der Waals surface area contributed by atoms with Crippen LogP contribution in [0.4, 0.5) is 5.82 Å². The summed E-state index contributed by atoms with van der Waals surface area (Å²) in [7, 11) is 0. The summed E-state index contributed by atoms with van der Waals surface area (Å²) in [6.07, 6.45) is 1.56. The van der Waals surface area contributed by atoms with E-state index in [9.17, 15) is 0 Å². The minimum Gasteiger partial charge on any atom is -0.384 e. The maximum Gasteiger partial charge on any atom is 0.170 e. The van der Waals surface area contributed by atoms with Crippen molar-refractivity contribution in [2.45, 2.75) is 10.1 Å². The Morgan fingerprint density at radius 2 is 2.36 bits per heavy atom. The minimum atomic E-state index is 0.556. The molecule has 2 rings (SSSR count). The van der Waals surface area contributed by atoms with E-state index in [0.29, 0.717) is 5.82 Å². The van der Waals surface area contributed by atoms with Crippen LogP contribution in [0.5, 0.6) is 0 Å². The van der Waals surface area contributed by atoms with Gasteiger partial charge in [0.2, 0.25) is 0 Å². The van der Waals surface area contributed by atoms with Gasteiger partial charge in [0, 0.05) is 5.75 Å². The molecule has 0 saturated carbocycles. The third kappa shape index (κ3) is 2.43. The van der Waals surface area contributed by atoms with Crippen LogP contribution in [0.1, 0.15) is 5.69 Å². The molecular weight excluding hydrogens is 216 g/mol. The van der Waals surface area contributed by atoms with Crippen LogP contribution in [0.15, 0.2) is 28.9 Å². The topological polar surface area (TPSA) is 64.7 Å². The molecule has 0 atom stereocenters. The normalized spacial score (nSPS) is 10.3. The van der Waals surface area contributed by atoms with Crippen molar-refractivity contribution in [3.63, 3.8) is 0 Å². The number of anilines is 1. The van der Waals surface area contributed by atoms with Crippen molar-refractivity contribution in [1.82, 2.24) is 14.3 Å². The Morgan fingerprint density at radius 1 is 1.43 bits per heavy atom. The second kappa shape index (κ2) is 4.39. The van der Waals surface area contributed by atoms with E-state index in [1.165, 1.54) is 11.5 Å². The van der Waals surface area contributed by atoms with Crippen LogP contribution >= 0.6 is 23.3 Å². The molecule has 0 aromatic carbocycles. The summed E-state index contributed by atoms with van der Waals surface area (Å²) in [5.41, 5.74) is 6.52. The number of rotatable bonds is 3. The Balaban J connectivity index is 1.98. The molecule has 0 saturated heterocycles. The van der Waals surface area contributed by atoms with Gasteiger partial charge in [0.15, 0.2) is 4.34 Å². The molecule has 6 heteroatoms. The lowest BCUT2D eigenvalue weighted by atomic mass is 10.4. The van der Waals surface area contributed by atoms with Gasteiger partial charge in [-0.15, -0.1) is 0 Å². The lowest BCUT2D eigenvalue weighted by Crippen LogP contribution is -1.93. The Labute approximate surface area is 89.8 Å². The summed E-state index contributed by atoms with van der Waals surface area (Å²) in [4.78, 5) is 8.25. The van der Waals surface area contributed by atoms with E-state index < -0.39 is 0 Å². The molecule has 0 aliphatic heterocycles. The summed E-state index contributed by atoms with van der Waals surface area (Å²) in [5.74, 6) is 1.33. The molecule has 14 heavy (non-hydrogen) atoms. The first kappa shape index (κ1) is 9.42. The SMILES string of the molecule is Nc1cccc(CSc2ncns2)n1. The zero-order chi connectivity index (χ0) is 9.80. The van der Waals surface area contributed by atoms with Crippen molar-refractivity contribution in [3.05, 3.63) is 30.2 Å². The number of pyridine rings is 1. The molecule has 0 amide bonds. The van der Waals surface area contributed by atoms with Crippen molar-refractivity contribution in [1.29, 1.82) is 0 Å². The quantitative estimate of drug-likeness (QED) is 0.805. The maximum atomic E-state index is 5.56. The van der Waals surface area contributed by atoms with Gasteiger partial charge in [-0.3, -0.25) is 0 Å². The van der Waals surface area contributed by atoms with E-state index in [2.05, 4.69) is 14.3 Å². The van der Waals surface area contributed by atoms with E-state index in [0.717, 1.165) is 15.8 Å². The highest BCUT2D eigenvalue weighted by atomic mass is 32.2. The Hall–Kier alpha value is -1.14.